The van der Waals surface area contributed by atoms with Gasteiger partial charge in [-0.1, -0.05) is 25.1 Å². The van der Waals surface area contributed by atoms with Gasteiger partial charge in [0.05, 0.1) is 6.04 Å². The van der Waals surface area contributed by atoms with Crippen molar-refractivity contribution < 1.29 is 4.79 Å². The second-order valence-electron chi connectivity index (χ2n) is 2.87. The summed E-state index contributed by atoms with van der Waals surface area (Å²) in [6.07, 6.45) is 0.651. The van der Waals surface area contributed by atoms with Crippen LogP contribution in [0.5, 0.6) is 0 Å². The van der Waals surface area contributed by atoms with Gasteiger partial charge in [-0.2, -0.15) is 0 Å². The van der Waals surface area contributed by atoms with E-state index in [4.69, 9.17) is 5.73 Å². The minimum absolute atomic E-state index is 0.131. The number of carbonyl (C=O) groups is 1. The van der Waals surface area contributed by atoms with Crippen molar-refractivity contribution in [1.82, 2.24) is 0 Å². The number of nitrogens with two attached hydrogens (primary N) is 1. The lowest BCUT2D eigenvalue weighted by Crippen LogP contribution is -2.34. The molecular weight excluding hydrogens is 164 g/mol. The van der Waals surface area contributed by atoms with E-state index in [0.29, 0.717) is 6.42 Å². The molecule has 3 N–H and O–H groups in total. The molecule has 70 valence electrons. The quantitative estimate of drug-likeness (QED) is 0.734. The number of amides is 1. The zero-order valence-corrected chi connectivity index (χ0v) is 7.66. The van der Waals surface area contributed by atoms with Gasteiger partial charge in [0, 0.05) is 5.69 Å². The van der Waals surface area contributed by atoms with Crippen molar-refractivity contribution in [2.24, 2.45) is 5.73 Å². The van der Waals surface area contributed by atoms with E-state index in [9.17, 15) is 4.79 Å². The van der Waals surface area contributed by atoms with Gasteiger partial charge in [-0.25, -0.2) is 0 Å². The maximum Gasteiger partial charge on any atom is 0.241 e. The van der Waals surface area contributed by atoms with Crippen LogP contribution in [0.15, 0.2) is 30.3 Å². The summed E-state index contributed by atoms with van der Waals surface area (Å²) in [5, 5.41) is 2.73. The van der Waals surface area contributed by atoms with Crippen LogP contribution < -0.4 is 11.1 Å². The number of hydrogen-bond donors (Lipinski definition) is 2. The lowest BCUT2D eigenvalue weighted by Gasteiger charge is -2.09. The minimum atomic E-state index is -0.416. The molecule has 1 aromatic carbocycles. The molecule has 1 aromatic rings. The smallest absolute Gasteiger partial charge is 0.241 e. The van der Waals surface area contributed by atoms with Crippen LogP contribution in [0.3, 0.4) is 0 Å². The molecule has 0 bridgehead atoms. The fourth-order valence-electron chi connectivity index (χ4n) is 0.942. The number of nitrogens with one attached hydrogen (secondary N) is 1. The molecule has 1 atom stereocenters. The third-order valence-corrected chi connectivity index (χ3v) is 1.82. The first-order chi connectivity index (χ1) is 6.24. The first-order valence-corrected chi connectivity index (χ1v) is 4.35. The SMILES string of the molecule is CCC(N)C(=O)Nc1ccccc1. The van der Waals surface area contributed by atoms with E-state index in [2.05, 4.69) is 5.32 Å². The first kappa shape index (κ1) is 9.74. The Morgan fingerprint density at radius 3 is 2.62 bits per heavy atom. The van der Waals surface area contributed by atoms with Gasteiger partial charge in [0.25, 0.3) is 0 Å². The second-order valence-corrected chi connectivity index (χ2v) is 2.87. The highest BCUT2D eigenvalue weighted by Gasteiger charge is 2.09. The minimum Gasteiger partial charge on any atom is -0.325 e. The summed E-state index contributed by atoms with van der Waals surface area (Å²) in [6.45, 7) is 1.88. The normalized spacial score (nSPS) is 12.2. The fourth-order valence-corrected chi connectivity index (χ4v) is 0.942. The molecule has 3 nitrogen and oxygen atoms in total. The lowest BCUT2D eigenvalue weighted by molar-refractivity contribution is -0.117. The summed E-state index contributed by atoms with van der Waals surface area (Å²) < 4.78 is 0. The van der Waals surface area contributed by atoms with Crippen LogP contribution in [0.4, 0.5) is 5.69 Å². The molecular formula is C10H14N2O. The number of rotatable bonds is 3. The molecule has 0 saturated heterocycles. The van der Waals surface area contributed by atoms with Crippen molar-refractivity contribution in [2.75, 3.05) is 5.32 Å². The Morgan fingerprint density at radius 1 is 1.46 bits per heavy atom. The Morgan fingerprint density at radius 2 is 2.08 bits per heavy atom. The van der Waals surface area contributed by atoms with Crippen molar-refractivity contribution in [3.8, 4) is 0 Å². The second kappa shape index (κ2) is 4.62. The fraction of sp³-hybridized carbons (Fsp3) is 0.300. The molecule has 1 amide bonds. The van der Waals surface area contributed by atoms with Gasteiger partial charge in [-0.05, 0) is 18.6 Å². The van der Waals surface area contributed by atoms with Gasteiger partial charge in [-0.3, -0.25) is 4.79 Å². The van der Waals surface area contributed by atoms with Crippen molar-refractivity contribution in [1.29, 1.82) is 0 Å². The van der Waals surface area contributed by atoms with E-state index >= 15 is 0 Å². The van der Waals surface area contributed by atoms with Crippen LogP contribution in [0.1, 0.15) is 13.3 Å². The van der Waals surface area contributed by atoms with E-state index in [1.165, 1.54) is 0 Å². The zero-order valence-electron chi connectivity index (χ0n) is 7.66. The molecule has 0 aliphatic carbocycles. The van der Waals surface area contributed by atoms with Crippen LogP contribution in [0.25, 0.3) is 0 Å². The molecule has 0 aliphatic rings. The average Bonchev–Trinajstić information content (AvgIpc) is 2.18. The molecule has 0 fully saturated rings. The van der Waals surface area contributed by atoms with Gasteiger partial charge in [0.1, 0.15) is 0 Å². The van der Waals surface area contributed by atoms with Crippen molar-refractivity contribution >= 4 is 11.6 Å². The van der Waals surface area contributed by atoms with E-state index < -0.39 is 6.04 Å². The van der Waals surface area contributed by atoms with Crippen molar-refractivity contribution in [2.45, 2.75) is 19.4 Å². The van der Waals surface area contributed by atoms with Gasteiger partial charge in [0.15, 0.2) is 0 Å². The first-order valence-electron chi connectivity index (χ1n) is 4.35. The molecule has 0 aromatic heterocycles. The van der Waals surface area contributed by atoms with Gasteiger partial charge in [-0.15, -0.1) is 0 Å². The molecule has 13 heavy (non-hydrogen) atoms. The highest BCUT2D eigenvalue weighted by molar-refractivity contribution is 5.94. The number of anilines is 1. The summed E-state index contributed by atoms with van der Waals surface area (Å²) in [7, 11) is 0. The van der Waals surface area contributed by atoms with Crippen molar-refractivity contribution in [3.05, 3.63) is 30.3 Å². The van der Waals surface area contributed by atoms with E-state index in [1.54, 1.807) is 0 Å². The molecule has 3 heteroatoms. The molecule has 0 aliphatic heterocycles. The van der Waals surface area contributed by atoms with Crippen LogP contribution in [0, 0.1) is 0 Å². The Hall–Kier alpha value is -1.35. The van der Waals surface area contributed by atoms with Gasteiger partial charge in [0.2, 0.25) is 5.91 Å². The molecule has 1 unspecified atom stereocenters. The maximum atomic E-state index is 11.3. The van der Waals surface area contributed by atoms with Crippen molar-refractivity contribution in [3.63, 3.8) is 0 Å². The Labute approximate surface area is 77.9 Å². The third kappa shape index (κ3) is 2.87. The van der Waals surface area contributed by atoms with Crippen LogP contribution in [-0.4, -0.2) is 11.9 Å². The molecule has 0 spiro atoms. The van der Waals surface area contributed by atoms with Crippen LogP contribution >= 0.6 is 0 Å². The predicted molar refractivity (Wildman–Crippen MR) is 53.3 cm³/mol. The highest BCUT2D eigenvalue weighted by Crippen LogP contribution is 2.05. The monoisotopic (exact) mass is 178 g/mol. The molecule has 0 radical (unpaired) electrons. The number of hydrogen-bond acceptors (Lipinski definition) is 2. The number of benzene rings is 1. The Balaban J connectivity index is 2.55. The predicted octanol–water partition coefficient (Wildman–Crippen LogP) is 1.36. The summed E-state index contributed by atoms with van der Waals surface area (Å²) >= 11 is 0. The average molecular weight is 178 g/mol. The van der Waals surface area contributed by atoms with E-state index in [1.807, 2.05) is 37.3 Å². The molecule has 0 saturated carbocycles. The van der Waals surface area contributed by atoms with E-state index in [0.717, 1.165) is 5.69 Å². The summed E-state index contributed by atoms with van der Waals surface area (Å²) in [5.74, 6) is -0.131. The highest BCUT2D eigenvalue weighted by atomic mass is 16.2. The van der Waals surface area contributed by atoms with E-state index in [-0.39, 0.29) is 5.91 Å². The largest absolute Gasteiger partial charge is 0.325 e. The lowest BCUT2D eigenvalue weighted by atomic mass is 10.2. The van der Waals surface area contributed by atoms with Crippen LogP contribution in [0.2, 0.25) is 0 Å². The summed E-state index contributed by atoms with van der Waals surface area (Å²) in [6, 6.07) is 8.89. The topological polar surface area (TPSA) is 55.1 Å². The Bertz CT molecular complexity index is 272. The maximum absolute atomic E-state index is 11.3. The van der Waals surface area contributed by atoms with Gasteiger partial charge < -0.3 is 11.1 Å². The summed E-state index contributed by atoms with van der Waals surface area (Å²) in [4.78, 5) is 11.3. The molecule has 0 heterocycles. The zero-order chi connectivity index (χ0) is 9.68. The molecule has 1 rings (SSSR count). The number of carbonyl (C=O) groups excluding carboxylic acids is 1. The number of para-hydroxylation sites is 1. The standard InChI is InChI=1S/C10H14N2O/c1-2-9(11)10(13)12-8-6-4-3-5-7-8/h3-7,9H,2,11H2,1H3,(H,12,13). The summed E-state index contributed by atoms with van der Waals surface area (Å²) in [5.41, 5.74) is 6.34. The van der Waals surface area contributed by atoms with Gasteiger partial charge >= 0.3 is 0 Å². The van der Waals surface area contributed by atoms with Crippen LogP contribution in [-0.2, 0) is 4.79 Å². The third-order valence-electron chi connectivity index (χ3n) is 1.82. The Kier molecular flexibility index (Phi) is 3.46.